The summed E-state index contributed by atoms with van der Waals surface area (Å²) in [7, 11) is 0. The van der Waals surface area contributed by atoms with Crippen LogP contribution in [0.2, 0.25) is 0 Å². The second-order valence-corrected chi connectivity index (χ2v) is 8.45. The summed E-state index contributed by atoms with van der Waals surface area (Å²) >= 11 is 0. The zero-order valence-corrected chi connectivity index (χ0v) is 13.3. The van der Waals surface area contributed by atoms with E-state index >= 15 is 0 Å². The predicted molar refractivity (Wildman–Crippen MR) is 82.7 cm³/mol. The Morgan fingerprint density at radius 1 is 1.19 bits per heavy atom. The summed E-state index contributed by atoms with van der Waals surface area (Å²) in [6.07, 6.45) is 8.44. The van der Waals surface area contributed by atoms with E-state index in [1.165, 1.54) is 12.0 Å². The fourth-order valence-electron chi connectivity index (χ4n) is 6.36. The van der Waals surface area contributed by atoms with E-state index in [9.17, 15) is 9.90 Å². The summed E-state index contributed by atoms with van der Waals surface area (Å²) in [5.74, 6) is 1.94. The van der Waals surface area contributed by atoms with Crippen molar-refractivity contribution < 1.29 is 11.3 Å². The Bertz CT molecular complexity index is 542. The number of fused-ring (bicyclic) bond motifs is 5. The molecule has 0 aliphatic heterocycles. The molecule has 3 fully saturated rings. The minimum Gasteiger partial charge on any atom is -0.393 e. The van der Waals surface area contributed by atoms with Gasteiger partial charge in [-0.2, -0.15) is 0 Å². The summed E-state index contributed by atoms with van der Waals surface area (Å²) in [6, 6.07) is 0. The van der Waals surface area contributed by atoms with E-state index in [1.54, 1.807) is 0 Å². The molecule has 0 amide bonds. The molecule has 0 saturated heterocycles. The van der Waals surface area contributed by atoms with Crippen molar-refractivity contribution in [1.82, 2.24) is 0 Å². The molecule has 116 valence electrons. The van der Waals surface area contributed by atoms with Crippen LogP contribution in [0.15, 0.2) is 11.6 Å². The Labute approximate surface area is 129 Å². The molecule has 0 radical (unpaired) electrons. The van der Waals surface area contributed by atoms with Gasteiger partial charge in [0.25, 0.3) is 0 Å². The monoisotopic (exact) mass is 289 g/mol. The smallest absolute Gasteiger partial charge is 0.155 e. The summed E-state index contributed by atoms with van der Waals surface area (Å²) in [5.41, 5.74) is 1.49. The van der Waals surface area contributed by atoms with Crippen molar-refractivity contribution in [2.45, 2.75) is 71.3 Å². The Balaban J connectivity index is 1.70. The average Bonchev–Trinajstić information content (AvgIpc) is 2.77. The van der Waals surface area contributed by atoms with Crippen molar-refractivity contribution >= 4 is 5.78 Å². The molecule has 4 aliphatic carbocycles. The SMILES string of the molecule is [2H]C1C[C@@]2(C)C(=CC1=O)CC[C@H]1[C@@H]3CC[C@H](O)[C@@]3(C)CC[C@@H]12. The molecule has 0 aromatic heterocycles. The molecule has 0 aromatic rings. The zero-order chi connectivity index (χ0) is 15.7. The van der Waals surface area contributed by atoms with Crippen molar-refractivity contribution in [2.24, 2.45) is 28.6 Å². The summed E-state index contributed by atoms with van der Waals surface area (Å²) in [6.45, 7) is 4.62. The molecule has 3 saturated carbocycles. The molecule has 0 bridgehead atoms. The molecule has 0 aromatic carbocycles. The maximum atomic E-state index is 11.9. The fraction of sp³-hybridized carbons (Fsp3) is 0.842. The third-order valence-corrected chi connectivity index (χ3v) is 7.73. The number of carbonyl (C=O) groups excluding carboxylic acids is 1. The van der Waals surface area contributed by atoms with Gasteiger partial charge in [-0.05, 0) is 79.6 Å². The van der Waals surface area contributed by atoms with Crippen molar-refractivity contribution in [3.8, 4) is 0 Å². The van der Waals surface area contributed by atoms with E-state index in [-0.39, 0.29) is 22.7 Å². The van der Waals surface area contributed by atoms with Crippen LogP contribution in [-0.4, -0.2) is 17.0 Å². The van der Waals surface area contributed by atoms with Gasteiger partial charge in [0.1, 0.15) is 0 Å². The third-order valence-electron chi connectivity index (χ3n) is 7.73. The summed E-state index contributed by atoms with van der Waals surface area (Å²) < 4.78 is 8.12. The van der Waals surface area contributed by atoms with Gasteiger partial charge >= 0.3 is 0 Å². The molecule has 4 rings (SSSR count). The van der Waals surface area contributed by atoms with Gasteiger partial charge in [-0.3, -0.25) is 4.79 Å². The zero-order valence-electron chi connectivity index (χ0n) is 14.3. The van der Waals surface area contributed by atoms with E-state index in [0.29, 0.717) is 24.2 Å². The number of hydrogen-bond donors (Lipinski definition) is 1. The lowest BCUT2D eigenvalue weighted by molar-refractivity contribution is -0.118. The lowest BCUT2D eigenvalue weighted by Gasteiger charge is -2.57. The van der Waals surface area contributed by atoms with Crippen molar-refractivity contribution in [3.63, 3.8) is 0 Å². The first-order valence-electron chi connectivity index (χ1n) is 9.29. The van der Waals surface area contributed by atoms with Crippen molar-refractivity contribution in [3.05, 3.63) is 11.6 Å². The van der Waals surface area contributed by atoms with Gasteiger partial charge in [-0.25, -0.2) is 0 Å². The van der Waals surface area contributed by atoms with Crippen LogP contribution >= 0.6 is 0 Å². The maximum absolute atomic E-state index is 11.9. The Hall–Kier alpha value is -0.630. The van der Waals surface area contributed by atoms with Crippen LogP contribution < -0.4 is 0 Å². The van der Waals surface area contributed by atoms with E-state index in [1.807, 2.05) is 6.08 Å². The van der Waals surface area contributed by atoms with E-state index < -0.39 is 6.40 Å². The van der Waals surface area contributed by atoms with Gasteiger partial charge in [0.15, 0.2) is 5.78 Å². The highest BCUT2D eigenvalue weighted by Gasteiger charge is 2.58. The number of ketones is 1. The Kier molecular flexibility index (Phi) is 2.72. The second-order valence-electron chi connectivity index (χ2n) is 8.45. The lowest BCUT2D eigenvalue weighted by Crippen LogP contribution is -2.51. The summed E-state index contributed by atoms with van der Waals surface area (Å²) in [4.78, 5) is 11.9. The molecule has 1 N–H and O–H groups in total. The molecular weight excluding hydrogens is 260 g/mol. The molecule has 4 aliphatic rings. The van der Waals surface area contributed by atoms with Crippen LogP contribution in [0.25, 0.3) is 0 Å². The Morgan fingerprint density at radius 3 is 2.81 bits per heavy atom. The minimum atomic E-state index is -0.560. The van der Waals surface area contributed by atoms with Gasteiger partial charge < -0.3 is 5.11 Å². The minimum absolute atomic E-state index is 0.0165. The summed E-state index contributed by atoms with van der Waals surface area (Å²) in [5, 5.41) is 10.5. The van der Waals surface area contributed by atoms with E-state index in [0.717, 1.165) is 32.1 Å². The van der Waals surface area contributed by atoms with Gasteiger partial charge in [0, 0.05) is 7.77 Å². The molecule has 7 atom stereocenters. The number of aliphatic hydroxyl groups is 1. The standard InChI is InChI=1S/C19H28O2/c1-18-9-7-13(20)11-12(18)3-4-14-15-5-6-17(21)19(15,2)10-8-16(14)18/h11,14-17,21H,3-10H2,1-2H3/t14-,15-,16-,17-,18-,19-/m0/s1/i7D/t7?,14-,15-,16-,17-,18-,19-. The van der Waals surface area contributed by atoms with E-state index in [4.69, 9.17) is 1.37 Å². The van der Waals surface area contributed by atoms with Crippen LogP contribution in [0.3, 0.4) is 0 Å². The average molecular weight is 289 g/mol. The molecule has 21 heavy (non-hydrogen) atoms. The molecule has 1 unspecified atom stereocenters. The first-order valence-corrected chi connectivity index (χ1v) is 8.71. The highest BCUT2D eigenvalue weighted by atomic mass is 16.3. The number of rotatable bonds is 0. The number of allylic oxidation sites excluding steroid dienone is 1. The molecule has 0 heterocycles. The van der Waals surface area contributed by atoms with Crippen LogP contribution in [0.4, 0.5) is 0 Å². The third kappa shape index (κ3) is 1.78. The van der Waals surface area contributed by atoms with Gasteiger partial charge in [-0.1, -0.05) is 19.4 Å². The topological polar surface area (TPSA) is 37.3 Å². The largest absolute Gasteiger partial charge is 0.393 e. The molecule has 0 spiro atoms. The number of carbonyl (C=O) groups is 1. The predicted octanol–water partition coefficient (Wildman–Crippen LogP) is 3.88. The van der Waals surface area contributed by atoms with Crippen LogP contribution in [0, 0.1) is 28.6 Å². The highest BCUT2D eigenvalue weighted by molar-refractivity contribution is 5.91. The molecule has 2 heteroatoms. The quantitative estimate of drug-likeness (QED) is 0.735. The number of aliphatic hydroxyl groups excluding tert-OH is 1. The van der Waals surface area contributed by atoms with Gasteiger partial charge in [0.05, 0.1) is 6.10 Å². The highest BCUT2D eigenvalue weighted by Crippen LogP contribution is 2.65. The fourth-order valence-corrected chi connectivity index (χ4v) is 6.36. The first-order chi connectivity index (χ1) is 10.4. The lowest BCUT2D eigenvalue weighted by atomic mass is 9.47. The molecular formula is C19H28O2. The normalized spacial score (nSPS) is 56.9. The van der Waals surface area contributed by atoms with Gasteiger partial charge in [-0.15, -0.1) is 0 Å². The van der Waals surface area contributed by atoms with Crippen LogP contribution in [-0.2, 0) is 4.79 Å². The molecule has 2 nitrogen and oxygen atoms in total. The first kappa shape index (κ1) is 12.9. The van der Waals surface area contributed by atoms with Crippen LogP contribution in [0.1, 0.15) is 66.6 Å². The second kappa shape index (κ2) is 4.44. The van der Waals surface area contributed by atoms with Gasteiger partial charge in [0.2, 0.25) is 0 Å². The van der Waals surface area contributed by atoms with Crippen molar-refractivity contribution in [1.29, 1.82) is 0 Å². The maximum Gasteiger partial charge on any atom is 0.155 e. The van der Waals surface area contributed by atoms with E-state index in [2.05, 4.69) is 13.8 Å². The number of hydrogen-bond acceptors (Lipinski definition) is 2. The Morgan fingerprint density at radius 2 is 2.00 bits per heavy atom. The van der Waals surface area contributed by atoms with Crippen LogP contribution in [0.5, 0.6) is 0 Å². The van der Waals surface area contributed by atoms with Crippen molar-refractivity contribution in [2.75, 3.05) is 0 Å².